The molecule has 2 aliphatic rings. The van der Waals surface area contributed by atoms with Crippen LogP contribution in [0.5, 0.6) is 0 Å². The molecule has 3 atom stereocenters. The highest BCUT2D eigenvalue weighted by molar-refractivity contribution is 7.89. The molecule has 1 fully saturated rings. The van der Waals surface area contributed by atoms with Crippen molar-refractivity contribution in [3.8, 4) is 0 Å². The van der Waals surface area contributed by atoms with Crippen LogP contribution in [-0.2, 0) is 10.0 Å². The number of sulfonamides is 1. The summed E-state index contributed by atoms with van der Waals surface area (Å²) in [6.07, 6.45) is 6.66. The van der Waals surface area contributed by atoms with E-state index in [1.54, 1.807) is 6.92 Å². The molecule has 2 bridgehead atoms. The van der Waals surface area contributed by atoms with Gasteiger partial charge in [-0.05, 0) is 61.3 Å². The van der Waals surface area contributed by atoms with Crippen molar-refractivity contribution >= 4 is 10.0 Å². The van der Waals surface area contributed by atoms with Crippen LogP contribution in [0.15, 0.2) is 35.2 Å². The lowest BCUT2D eigenvalue weighted by Crippen LogP contribution is -2.31. The Balaban J connectivity index is 1.71. The van der Waals surface area contributed by atoms with Crippen LogP contribution in [0, 0.1) is 30.5 Å². The maximum atomic E-state index is 13.0. The predicted octanol–water partition coefficient (Wildman–Crippen LogP) is 2.62. The normalized spacial score (nSPS) is 28.2. The molecule has 1 saturated carbocycles. The summed E-state index contributed by atoms with van der Waals surface area (Å²) in [6, 6.07) is 3.75. The first-order chi connectivity index (χ1) is 9.45. The smallest absolute Gasteiger partial charge is 0.211 e. The SMILES string of the molecule is Cc1cc(F)ccc1S(=O)(=O)NC[C@H]1C[C@@H]2C=C[C@H]1C2. The predicted molar refractivity (Wildman–Crippen MR) is 75.2 cm³/mol. The number of halogens is 1. The van der Waals surface area contributed by atoms with Crippen molar-refractivity contribution < 1.29 is 12.8 Å². The molecule has 1 aromatic rings. The average Bonchev–Trinajstić information content (AvgIpc) is 2.98. The molecule has 20 heavy (non-hydrogen) atoms. The van der Waals surface area contributed by atoms with Gasteiger partial charge in [0.15, 0.2) is 0 Å². The zero-order chi connectivity index (χ0) is 14.3. The summed E-state index contributed by atoms with van der Waals surface area (Å²) < 4.78 is 40.3. The van der Waals surface area contributed by atoms with E-state index in [0.717, 1.165) is 12.8 Å². The summed E-state index contributed by atoms with van der Waals surface area (Å²) in [7, 11) is -3.55. The summed E-state index contributed by atoms with van der Waals surface area (Å²) in [5.41, 5.74) is 0.435. The largest absolute Gasteiger partial charge is 0.240 e. The number of hydrogen-bond acceptors (Lipinski definition) is 2. The van der Waals surface area contributed by atoms with E-state index in [9.17, 15) is 12.8 Å². The molecule has 0 amide bonds. The van der Waals surface area contributed by atoms with E-state index < -0.39 is 15.8 Å². The molecular weight excluding hydrogens is 277 g/mol. The van der Waals surface area contributed by atoms with Gasteiger partial charge in [0.25, 0.3) is 0 Å². The lowest BCUT2D eigenvalue weighted by molar-refractivity contribution is 0.440. The maximum Gasteiger partial charge on any atom is 0.240 e. The van der Waals surface area contributed by atoms with Crippen molar-refractivity contribution in [2.45, 2.75) is 24.7 Å². The van der Waals surface area contributed by atoms with Gasteiger partial charge in [-0.1, -0.05) is 12.2 Å². The van der Waals surface area contributed by atoms with Crippen LogP contribution < -0.4 is 4.72 Å². The number of aryl methyl sites for hydroxylation is 1. The molecule has 0 aromatic heterocycles. The Morgan fingerprint density at radius 1 is 1.30 bits per heavy atom. The van der Waals surface area contributed by atoms with Gasteiger partial charge in [-0.15, -0.1) is 0 Å². The zero-order valence-corrected chi connectivity index (χ0v) is 12.2. The number of hydrogen-bond donors (Lipinski definition) is 1. The number of benzene rings is 1. The molecule has 1 N–H and O–H groups in total. The molecule has 108 valence electrons. The van der Waals surface area contributed by atoms with Gasteiger partial charge in [0, 0.05) is 6.54 Å². The molecule has 1 aromatic carbocycles. The molecule has 0 spiro atoms. The Bertz CT molecular complexity index is 654. The fourth-order valence-corrected chi connectivity index (χ4v) is 4.66. The third-order valence-corrected chi connectivity index (χ3v) is 5.96. The Morgan fingerprint density at radius 3 is 2.70 bits per heavy atom. The quantitative estimate of drug-likeness (QED) is 0.868. The van der Waals surface area contributed by atoms with Crippen molar-refractivity contribution in [3.05, 3.63) is 41.7 Å². The molecule has 0 radical (unpaired) electrons. The van der Waals surface area contributed by atoms with Crippen molar-refractivity contribution in [2.75, 3.05) is 6.54 Å². The number of nitrogens with one attached hydrogen (secondary N) is 1. The first kappa shape index (κ1) is 13.8. The molecular formula is C15H18FNO2S. The minimum atomic E-state index is -3.55. The van der Waals surface area contributed by atoms with Crippen LogP contribution in [-0.4, -0.2) is 15.0 Å². The maximum absolute atomic E-state index is 13.0. The lowest BCUT2D eigenvalue weighted by atomic mass is 9.94. The summed E-state index contributed by atoms with van der Waals surface area (Å²) in [5.74, 6) is 1.11. The topological polar surface area (TPSA) is 46.2 Å². The van der Waals surface area contributed by atoms with Crippen LogP contribution in [0.1, 0.15) is 18.4 Å². The van der Waals surface area contributed by atoms with E-state index in [1.165, 1.54) is 18.2 Å². The minimum absolute atomic E-state index is 0.164. The molecule has 3 rings (SSSR count). The number of rotatable bonds is 4. The molecule has 2 aliphatic carbocycles. The molecule has 0 saturated heterocycles. The highest BCUT2D eigenvalue weighted by Gasteiger charge is 2.36. The van der Waals surface area contributed by atoms with Crippen molar-refractivity contribution in [1.29, 1.82) is 0 Å². The summed E-state index contributed by atoms with van der Waals surface area (Å²) in [5, 5.41) is 0. The van der Waals surface area contributed by atoms with Gasteiger partial charge in [0.1, 0.15) is 5.82 Å². The highest BCUT2D eigenvalue weighted by atomic mass is 32.2. The highest BCUT2D eigenvalue weighted by Crippen LogP contribution is 2.43. The van der Waals surface area contributed by atoms with Crippen molar-refractivity contribution in [3.63, 3.8) is 0 Å². The van der Waals surface area contributed by atoms with Crippen molar-refractivity contribution in [2.24, 2.45) is 17.8 Å². The first-order valence-electron chi connectivity index (χ1n) is 6.90. The van der Waals surface area contributed by atoms with E-state index in [0.29, 0.717) is 29.9 Å². The number of allylic oxidation sites excluding steroid dienone is 2. The Labute approximate surface area is 118 Å². The van der Waals surface area contributed by atoms with Gasteiger partial charge in [0.05, 0.1) is 4.90 Å². The Kier molecular flexibility index (Phi) is 3.42. The van der Waals surface area contributed by atoms with E-state index in [4.69, 9.17) is 0 Å². The Hall–Kier alpha value is -1.20. The van der Waals surface area contributed by atoms with Crippen LogP contribution in [0.25, 0.3) is 0 Å². The van der Waals surface area contributed by atoms with E-state index in [2.05, 4.69) is 16.9 Å². The van der Waals surface area contributed by atoms with E-state index in [1.807, 2.05) is 0 Å². The third kappa shape index (κ3) is 2.52. The monoisotopic (exact) mass is 295 g/mol. The standard InChI is InChI=1S/C15H18FNO2S/c1-10-6-14(16)4-5-15(10)20(18,19)17-9-13-8-11-2-3-12(13)7-11/h2-6,11-13,17H,7-9H2,1H3/t11-,12+,13-/m1/s1. The average molecular weight is 295 g/mol. The van der Waals surface area contributed by atoms with Gasteiger partial charge >= 0.3 is 0 Å². The van der Waals surface area contributed by atoms with E-state index in [-0.39, 0.29) is 4.90 Å². The molecule has 0 unspecified atom stereocenters. The van der Waals surface area contributed by atoms with E-state index >= 15 is 0 Å². The van der Waals surface area contributed by atoms with Crippen LogP contribution in [0.2, 0.25) is 0 Å². The molecule has 0 aliphatic heterocycles. The second-order valence-electron chi connectivity index (χ2n) is 5.80. The van der Waals surface area contributed by atoms with Gasteiger partial charge in [-0.25, -0.2) is 17.5 Å². The first-order valence-corrected chi connectivity index (χ1v) is 8.38. The van der Waals surface area contributed by atoms with Gasteiger partial charge in [0.2, 0.25) is 10.0 Å². The van der Waals surface area contributed by atoms with Gasteiger partial charge in [-0.3, -0.25) is 0 Å². The molecule has 0 heterocycles. The minimum Gasteiger partial charge on any atom is -0.211 e. The molecule has 5 heteroatoms. The van der Waals surface area contributed by atoms with Gasteiger partial charge < -0.3 is 0 Å². The third-order valence-electron chi connectivity index (χ3n) is 4.38. The zero-order valence-electron chi connectivity index (χ0n) is 11.3. The van der Waals surface area contributed by atoms with Crippen LogP contribution in [0.4, 0.5) is 4.39 Å². The van der Waals surface area contributed by atoms with Crippen molar-refractivity contribution in [1.82, 2.24) is 4.72 Å². The summed E-state index contributed by atoms with van der Waals surface area (Å²) >= 11 is 0. The fraction of sp³-hybridized carbons (Fsp3) is 0.467. The van der Waals surface area contributed by atoms with Crippen LogP contribution >= 0.6 is 0 Å². The Morgan fingerprint density at radius 2 is 2.10 bits per heavy atom. The number of fused-ring (bicyclic) bond motifs is 2. The van der Waals surface area contributed by atoms with Crippen LogP contribution in [0.3, 0.4) is 0 Å². The second kappa shape index (κ2) is 4.97. The molecule has 3 nitrogen and oxygen atoms in total. The lowest BCUT2D eigenvalue weighted by Gasteiger charge is -2.19. The second-order valence-corrected chi connectivity index (χ2v) is 7.54. The summed E-state index contributed by atoms with van der Waals surface area (Å²) in [6.45, 7) is 2.07. The summed E-state index contributed by atoms with van der Waals surface area (Å²) in [4.78, 5) is 0.164. The van der Waals surface area contributed by atoms with Gasteiger partial charge in [-0.2, -0.15) is 0 Å². The fourth-order valence-electron chi connectivity index (χ4n) is 3.34.